The molecule has 0 unspecified atom stereocenters. The first-order chi connectivity index (χ1) is 15.2. The van der Waals surface area contributed by atoms with Crippen molar-refractivity contribution < 1.29 is 24.2 Å². The van der Waals surface area contributed by atoms with Crippen LogP contribution < -0.4 is 10.1 Å². The second-order valence-electron chi connectivity index (χ2n) is 7.45. The first-order valence-corrected chi connectivity index (χ1v) is 11.3. The highest BCUT2D eigenvalue weighted by molar-refractivity contribution is 8.18. The number of carbonyl (C=O) groups is 3. The molecule has 1 saturated heterocycles. The molecule has 0 aromatic heterocycles. The van der Waals surface area contributed by atoms with E-state index < -0.39 is 11.1 Å². The van der Waals surface area contributed by atoms with Crippen LogP contribution >= 0.6 is 35.0 Å². The van der Waals surface area contributed by atoms with Crippen LogP contribution in [0.1, 0.15) is 35.2 Å². The Labute approximate surface area is 198 Å². The topological polar surface area (TPSA) is 95.9 Å². The Kier molecular flexibility index (Phi) is 6.37. The lowest BCUT2D eigenvalue weighted by molar-refractivity contribution is -0.115. The SMILES string of the molecule is CN(C(=O)c1cc(Oc2c(Cl)cc(/C=C3/SC(=O)NC3=O)cc2Cl)ccc1O)C1CCC1. The number of nitrogens with one attached hydrogen (secondary N) is 1. The van der Waals surface area contributed by atoms with Gasteiger partial charge in [0.2, 0.25) is 0 Å². The average molecular weight is 493 g/mol. The van der Waals surface area contributed by atoms with Gasteiger partial charge in [-0.3, -0.25) is 19.7 Å². The molecule has 2 aliphatic rings. The van der Waals surface area contributed by atoms with Crippen LogP contribution in [0.15, 0.2) is 35.2 Å². The van der Waals surface area contributed by atoms with Crippen molar-refractivity contribution in [1.82, 2.24) is 10.2 Å². The smallest absolute Gasteiger partial charge is 0.290 e. The molecule has 2 N–H and O–H groups in total. The van der Waals surface area contributed by atoms with Crippen LogP contribution in [0.2, 0.25) is 10.0 Å². The maximum absolute atomic E-state index is 12.8. The van der Waals surface area contributed by atoms with E-state index in [0.29, 0.717) is 5.56 Å². The zero-order chi connectivity index (χ0) is 23.0. The van der Waals surface area contributed by atoms with Gasteiger partial charge >= 0.3 is 0 Å². The van der Waals surface area contributed by atoms with Crippen molar-refractivity contribution in [1.29, 1.82) is 0 Å². The standard InChI is InChI=1S/C22H18Cl2N2O5S/c1-26(12-3-2-4-12)21(29)14-10-13(5-6-17(14)27)31-19-15(23)7-11(8-16(19)24)9-18-20(28)25-22(30)32-18/h5-10,12,27H,2-4H2,1H3,(H,25,28,30)/b18-9+. The van der Waals surface area contributed by atoms with Gasteiger partial charge in [0.1, 0.15) is 11.5 Å². The summed E-state index contributed by atoms with van der Waals surface area (Å²) < 4.78 is 5.82. The number of rotatable bonds is 5. The highest BCUT2D eigenvalue weighted by Crippen LogP contribution is 2.39. The molecule has 166 valence electrons. The fourth-order valence-corrected chi connectivity index (χ4v) is 4.59. The fourth-order valence-electron chi connectivity index (χ4n) is 3.33. The van der Waals surface area contributed by atoms with E-state index in [0.717, 1.165) is 31.0 Å². The highest BCUT2D eigenvalue weighted by atomic mass is 35.5. The van der Waals surface area contributed by atoms with E-state index >= 15 is 0 Å². The zero-order valence-corrected chi connectivity index (χ0v) is 19.2. The number of hydrogen-bond donors (Lipinski definition) is 2. The summed E-state index contributed by atoms with van der Waals surface area (Å²) in [5.41, 5.74) is 0.642. The van der Waals surface area contributed by atoms with Crippen LogP contribution in [0.25, 0.3) is 6.08 Å². The molecular weight excluding hydrogens is 475 g/mol. The molecule has 2 aromatic carbocycles. The third-order valence-corrected chi connectivity index (χ3v) is 6.69. The number of nitrogens with zero attached hydrogens (tertiary/aromatic N) is 1. The minimum absolute atomic E-state index is 0.124. The Hall–Kier alpha value is -2.68. The van der Waals surface area contributed by atoms with Gasteiger partial charge in [0.05, 0.1) is 20.5 Å². The lowest BCUT2D eigenvalue weighted by atomic mass is 9.91. The maximum atomic E-state index is 12.8. The number of thioether (sulfide) groups is 1. The molecule has 32 heavy (non-hydrogen) atoms. The van der Waals surface area contributed by atoms with Crippen molar-refractivity contribution in [2.75, 3.05) is 7.05 Å². The van der Waals surface area contributed by atoms with Gasteiger partial charge in [0.25, 0.3) is 17.1 Å². The monoisotopic (exact) mass is 492 g/mol. The van der Waals surface area contributed by atoms with Crippen molar-refractivity contribution >= 4 is 58.1 Å². The zero-order valence-electron chi connectivity index (χ0n) is 16.9. The lowest BCUT2D eigenvalue weighted by Gasteiger charge is -2.34. The number of amides is 3. The second kappa shape index (κ2) is 9.05. The fraction of sp³-hybridized carbons (Fsp3) is 0.227. The van der Waals surface area contributed by atoms with E-state index in [2.05, 4.69) is 5.32 Å². The molecule has 1 heterocycles. The molecular formula is C22H18Cl2N2O5S. The molecule has 0 bridgehead atoms. The Balaban J connectivity index is 1.58. The molecule has 0 spiro atoms. The maximum Gasteiger partial charge on any atom is 0.290 e. The Morgan fingerprint density at radius 1 is 1.22 bits per heavy atom. The number of hydrogen-bond acceptors (Lipinski definition) is 6. The van der Waals surface area contributed by atoms with Gasteiger partial charge in [-0.1, -0.05) is 23.2 Å². The molecule has 3 amide bonds. The second-order valence-corrected chi connectivity index (χ2v) is 9.28. The molecule has 7 nitrogen and oxygen atoms in total. The Morgan fingerprint density at radius 2 is 1.91 bits per heavy atom. The average Bonchev–Trinajstić information content (AvgIpc) is 3.00. The number of phenolic OH excluding ortho intramolecular Hbond substituents is 1. The van der Waals surface area contributed by atoms with Gasteiger partial charge < -0.3 is 14.7 Å². The summed E-state index contributed by atoms with van der Waals surface area (Å²) >= 11 is 13.5. The normalized spacial score (nSPS) is 17.3. The van der Waals surface area contributed by atoms with Gasteiger partial charge in [-0.05, 0) is 73.0 Å². The molecule has 10 heteroatoms. The summed E-state index contributed by atoms with van der Waals surface area (Å²) in [4.78, 5) is 37.7. The van der Waals surface area contributed by atoms with E-state index in [-0.39, 0.29) is 49.7 Å². The quantitative estimate of drug-likeness (QED) is 0.539. The third kappa shape index (κ3) is 4.57. The van der Waals surface area contributed by atoms with Crippen molar-refractivity contribution in [3.63, 3.8) is 0 Å². The summed E-state index contributed by atoms with van der Waals surface area (Å²) in [5, 5.41) is 12.3. The number of ether oxygens (including phenoxy) is 1. The van der Waals surface area contributed by atoms with Crippen LogP contribution in [0.3, 0.4) is 0 Å². The van der Waals surface area contributed by atoms with Gasteiger partial charge in [-0.25, -0.2) is 0 Å². The molecule has 2 fully saturated rings. The Morgan fingerprint density at radius 3 is 2.47 bits per heavy atom. The molecule has 1 saturated carbocycles. The number of halogens is 2. The summed E-state index contributed by atoms with van der Waals surface area (Å²) in [7, 11) is 1.72. The minimum atomic E-state index is -0.485. The van der Waals surface area contributed by atoms with Crippen LogP contribution in [0.5, 0.6) is 17.2 Å². The van der Waals surface area contributed by atoms with Gasteiger partial charge in [0, 0.05) is 13.1 Å². The summed E-state index contributed by atoms with van der Waals surface area (Å²) in [6, 6.07) is 7.59. The van der Waals surface area contributed by atoms with E-state index in [1.165, 1.54) is 24.3 Å². The van der Waals surface area contributed by atoms with E-state index in [4.69, 9.17) is 27.9 Å². The first kappa shape index (κ1) is 22.5. The number of benzene rings is 2. The molecule has 0 atom stereocenters. The van der Waals surface area contributed by atoms with Crippen molar-refractivity contribution in [3.05, 3.63) is 56.4 Å². The number of imide groups is 1. The largest absolute Gasteiger partial charge is 0.507 e. The highest BCUT2D eigenvalue weighted by Gasteiger charge is 2.28. The molecule has 0 radical (unpaired) electrons. The minimum Gasteiger partial charge on any atom is -0.507 e. The van der Waals surface area contributed by atoms with Gasteiger partial charge in [-0.15, -0.1) is 0 Å². The molecule has 1 aliphatic heterocycles. The van der Waals surface area contributed by atoms with Crippen LogP contribution in [-0.4, -0.2) is 40.1 Å². The predicted octanol–water partition coefficient (Wildman–Crippen LogP) is 5.44. The van der Waals surface area contributed by atoms with E-state index in [1.807, 2.05) is 0 Å². The number of carbonyl (C=O) groups excluding carboxylic acids is 3. The first-order valence-electron chi connectivity index (χ1n) is 9.75. The van der Waals surface area contributed by atoms with Crippen molar-refractivity contribution in [2.24, 2.45) is 0 Å². The lowest BCUT2D eigenvalue weighted by Crippen LogP contribution is -2.41. The van der Waals surface area contributed by atoms with Crippen LogP contribution in [-0.2, 0) is 4.79 Å². The Bertz CT molecular complexity index is 1140. The van der Waals surface area contributed by atoms with E-state index in [9.17, 15) is 19.5 Å². The van der Waals surface area contributed by atoms with Crippen LogP contribution in [0.4, 0.5) is 4.79 Å². The summed E-state index contributed by atoms with van der Waals surface area (Å²) in [6.07, 6.45) is 4.48. The van der Waals surface area contributed by atoms with E-state index in [1.54, 1.807) is 24.1 Å². The van der Waals surface area contributed by atoms with Crippen molar-refractivity contribution in [2.45, 2.75) is 25.3 Å². The molecule has 2 aromatic rings. The summed E-state index contributed by atoms with van der Waals surface area (Å²) in [5.74, 6) is -0.486. The van der Waals surface area contributed by atoms with Crippen LogP contribution in [0, 0.1) is 0 Å². The predicted molar refractivity (Wildman–Crippen MR) is 123 cm³/mol. The molecule has 4 rings (SSSR count). The number of phenols is 1. The van der Waals surface area contributed by atoms with Crippen molar-refractivity contribution in [3.8, 4) is 17.2 Å². The molecule has 1 aliphatic carbocycles. The summed E-state index contributed by atoms with van der Waals surface area (Å²) in [6.45, 7) is 0. The van der Waals surface area contributed by atoms with Gasteiger partial charge in [-0.2, -0.15) is 0 Å². The van der Waals surface area contributed by atoms with Gasteiger partial charge in [0.15, 0.2) is 5.75 Å². The third-order valence-electron chi connectivity index (χ3n) is 5.32. The number of aromatic hydroxyl groups is 1.